The van der Waals surface area contributed by atoms with Gasteiger partial charge in [-0.25, -0.2) is 8.42 Å². The van der Waals surface area contributed by atoms with Gasteiger partial charge in [-0.3, -0.25) is 4.90 Å². The Labute approximate surface area is 129 Å². The van der Waals surface area contributed by atoms with Crippen LogP contribution in [0, 0.1) is 0 Å². The maximum atomic E-state index is 11.9. The fraction of sp³-hybridized carbons (Fsp3) is 0.571. The van der Waals surface area contributed by atoms with Gasteiger partial charge in [0.25, 0.3) is 0 Å². The lowest BCUT2D eigenvalue weighted by Gasteiger charge is -2.35. The molecule has 0 radical (unpaired) electrons. The summed E-state index contributed by atoms with van der Waals surface area (Å²) in [6.07, 6.45) is 2.42. The van der Waals surface area contributed by atoms with Crippen LogP contribution in [0.25, 0.3) is 0 Å². The van der Waals surface area contributed by atoms with E-state index in [9.17, 15) is 8.42 Å². The molecule has 0 aromatic heterocycles. The maximum absolute atomic E-state index is 11.9. The molecule has 20 heavy (non-hydrogen) atoms. The molecule has 0 saturated carbocycles. The van der Waals surface area contributed by atoms with Gasteiger partial charge in [0, 0.05) is 41.0 Å². The van der Waals surface area contributed by atoms with E-state index in [1.54, 1.807) is 11.8 Å². The highest BCUT2D eigenvalue weighted by Crippen LogP contribution is 2.37. The van der Waals surface area contributed by atoms with Crippen LogP contribution in [0.5, 0.6) is 0 Å². The fourth-order valence-electron chi connectivity index (χ4n) is 2.84. The Kier molecular flexibility index (Phi) is 4.36. The molecule has 1 aromatic carbocycles. The summed E-state index contributed by atoms with van der Waals surface area (Å²) < 4.78 is 23.9. The average Bonchev–Trinajstić information content (AvgIpc) is 2.80. The monoisotopic (exact) mass is 329 g/mol. The van der Waals surface area contributed by atoms with Crippen LogP contribution in [0.3, 0.4) is 0 Å². The van der Waals surface area contributed by atoms with Crippen LogP contribution in [0.4, 0.5) is 0 Å². The van der Waals surface area contributed by atoms with E-state index in [4.69, 9.17) is 0 Å². The molecule has 0 aliphatic carbocycles. The second-order valence-corrected chi connectivity index (χ2v) is 10.1. The molecular weight excluding hydrogens is 310 g/mol. The van der Waals surface area contributed by atoms with Crippen molar-refractivity contribution in [1.29, 1.82) is 0 Å². The SMILES string of the molecule is CS(=O)(=O)C1CSCCN1CC1Cc2ccccc2S1. The van der Waals surface area contributed by atoms with Crippen LogP contribution in [0.2, 0.25) is 0 Å². The van der Waals surface area contributed by atoms with E-state index < -0.39 is 9.84 Å². The summed E-state index contributed by atoms with van der Waals surface area (Å²) in [5, 5.41) is 0.185. The van der Waals surface area contributed by atoms with Crippen molar-refractivity contribution < 1.29 is 8.42 Å². The smallest absolute Gasteiger partial charge is 0.164 e. The summed E-state index contributed by atoms with van der Waals surface area (Å²) in [7, 11) is -2.99. The first-order chi connectivity index (χ1) is 9.54. The molecule has 3 rings (SSSR count). The zero-order valence-corrected chi connectivity index (χ0v) is 13.9. The van der Waals surface area contributed by atoms with Gasteiger partial charge in [0.05, 0.1) is 0 Å². The summed E-state index contributed by atoms with van der Waals surface area (Å²) >= 11 is 3.65. The molecule has 3 nitrogen and oxygen atoms in total. The Morgan fingerprint density at radius 3 is 2.90 bits per heavy atom. The fourth-order valence-corrected chi connectivity index (χ4v) is 7.14. The lowest BCUT2D eigenvalue weighted by molar-refractivity contribution is 0.271. The third kappa shape index (κ3) is 3.18. The number of rotatable bonds is 3. The van der Waals surface area contributed by atoms with Crippen molar-refractivity contribution in [2.24, 2.45) is 0 Å². The number of benzene rings is 1. The van der Waals surface area contributed by atoms with Crippen LogP contribution in [-0.2, 0) is 16.3 Å². The Morgan fingerprint density at radius 1 is 1.35 bits per heavy atom. The van der Waals surface area contributed by atoms with E-state index >= 15 is 0 Å². The second-order valence-electron chi connectivity index (χ2n) is 5.41. The van der Waals surface area contributed by atoms with Crippen LogP contribution in [0.15, 0.2) is 29.2 Å². The van der Waals surface area contributed by atoms with Gasteiger partial charge in [0.2, 0.25) is 0 Å². The highest BCUT2D eigenvalue weighted by atomic mass is 32.2. The summed E-state index contributed by atoms with van der Waals surface area (Å²) in [5.41, 5.74) is 1.41. The number of thioether (sulfide) groups is 2. The summed E-state index contributed by atoms with van der Waals surface area (Å²) in [4.78, 5) is 3.54. The zero-order valence-electron chi connectivity index (χ0n) is 11.5. The van der Waals surface area contributed by atoms with E-state index in [0.29, 0.717) is 11.0 Å². The first-order valence-electron chi connectivity index (χ1n) is 6.79. The average molecular weight is 330 g/mol. The zero-order chi connectivity index (χ0) is 14.2. The number of sulfone groups is 1. The number of hydrogen-bond acceptors (Lipinski definition) is 5. The van der Waals surface area contributed by atoms with Crippen molar-refractivity contribution in [3.63, 3.8) is 0 Å². The number of hydrogen-bond donors (Lipinski definition) is 0. The minimum atomic E-state index is -2.99. The van der Waals surface area contributed by atoms with Crippen molar-refractivity contribution in [2.45, 2.75) is 21.9 Å². The molecule has 0 amide bonds. The van der Waals surface area contributed by atoms with Gasteiger partial charge < -0.3 is 0 Å². The Balaban J connectivity index is 1.69. The number of nitrogens with zero attached hydrogens (tertiary/aromatic N) is 1. The lowest BCUT2D eigenvalue weighted by Crippen LogP contribution is -2.49. The normalized spacial score (nSPS) is 27.4. The van der Waals surface area contributed by atoms with E-state index in [0.717, 1.165) is 25.3 Å². The van der Waals surface area contributed by atoms with Crippen LogP contribution < -0.4 is 0 Å². The third-order valence-corrected chi connectivity index (χ3v) is 7.82. The predicted molar refractivity (Wildman–Crippen MR) is 87.3 cm³/mol. The quantitative estimate of drug-likeness (QED) is 0.849. The molecule has 6 heteroatoms. The van der Waals surface area contributed by atoms with Gasteiger partial charge in [-0.1, -0.05) is 18.2 Å². The summed E-state index contributed by atoms with van der Waals surface area (Å²) in [6.45, 7) is 1.76. The molecule has 2 unspecified atom stereocenters. The molecule has 2 aliphatic rings. The van der Waals surface area contributed by atoms with E-state index in [1.807, 2.05) is 11.8 Å². The van der Waals surface area contributed by atoms with Gasteiger partial charge >= 0.3 is 0 Å². The maximum Gasteiger partial charge on any atom is 0.164 e. The van der Waals surface area contributed by atoms with Crippen molar-refractivity contribution in [3.8, 4) is 0 Å². The molecular formula is C14H19NO2S3. The largest absolute Gasteiger partial charge is 0.285 e. The number of fused-ring (bicyclic) bond motifs is 1. The Morgan fingerprint density at radius 2 is 2.15 bits per heavy atom. The van der Waals surface area contributed by atoms with Gasteiger partial charge in [-0.15, -0.1) is 11.8 Å². The Hall–Kier alpha value is -0.170. The third-order valence-electron chi connectivity index (χ3n) is 3.84. The van der Waals surface area contributed by atoms with Crippen LogP contribution >= 0.6 is 23.5 Å². The van der Waals surface area contributed by atoms with Crippen molar-refractivity contribution in [2.75, 3.05) is 30.9 Å². The van der Waals surface area contributed by atoms with Crippen molar-refractivity contribution >= 4 is 33.4 Å². The Bertz CT molecular complexity index is 563. The van der Waals surface area contributed by atoms with E-state index in [2.05, 4.69) is 29.2 Å². The van der Waals surface area contributed by atoms with Gasteiger partial charge in [0.15, 0.2) is 9.84 Å². The lowest BCUT2D eigenvalue weighted by atomic mass is 10.1. The van der Waals surface area contributed by atoms with E-state index in [-0.39, 0.29) is 5.37 Å². The molecule has 0 spiro atoms. The van der Waals surface area contributed by atoms with E-state index in [1.165, 1.54) is 16.7 Å². The molecule has 2 atom stereocenters. The van der Waals surface area contributed by atoms with Gasteiger partial charge in [-0.2, -0.15) is 11.8 Å². The van der Waals surface area contributed by atoms with Crippen LogP contribution in [0.1, 0.15) is 5.56 Å². The molecule has 110 valence electrons. The molecule has 2 heterocycles. The highest BCUT2D eigenvalue weighted by Gasteiger charge is 2.33. The minimum absolute atomic E-state index is 0.300. The molecule has 0 bridgehead atoms. The van der Waals surface area contributed by atoms with Gasteiger partial charge in [0.1, 0.15) is 5.37 Å². The van der Waals surface area contributed by atoms with Crippen molar-refractivity contribution in [3.05, 3.63) is 29.8 Å². The second kappa shape index (κ2) is 5.91. The standard InChI is InChI=1S/C14H19NO2S3/c1-20(16,17)14-10-18-7-6-15(14)9-12-8-11-4-2-3-5-13(11)19-12/h2-5,12,14H,6-10H2,1H3. The molecule has 0 N–H and O–H groups in total. The summed E-state index contributed by atoms with van der Waals surface area (Å²) in [5.74, 6) is 1.75. The molecule has 2 aliphatic heterocycles. The molecule has 1 aromatic rings. The topological polar surface area (TPSA) is 37.4 Å². The molecule has 1 fully saturated rings. The van der Waals surface area contributed by atoms with Crippen LogP contribution in [-0.4, -0.2) is 54.8 Å². The van der Waals surface area contributed by atoms with Crippen molar-refractivity contribution in [1.82, 2.24) is 4.90 Å². The highest BCUT2D eigenvalue weighted by molar-refractivity contribution is 8.01. The first-order valence-corrected chi connectivity index (χ1v) is 10.8. The molecule has 1 saturated heterocycles. The summed E-state index contributed by atoms with van der Waals surface area (Å²) in [6, 6.07) is 8.51. The van der Waals surface area contributed by atoms with Gasteiger partial charge in [-0.05, 0) is 18.1 Å². The minimum Gasteiger partial charge on any atom is -0.285 e. The first kappa shape index (κ1) is 14.8. The predicted octanol–water partition coefficient (Wildman–Crippen LogP) is 2.12.